The Balaban J connectivity index is 2.75. The lowest BCUT2D eigenvalue weighted by molar-refractivity contribution is 0.0689. The smallest absolute Gasteiger partial charge is 0.358 e. The molecule has 0 radical (unpaired) electrons. The fourth-order valence-electron chi connectivity index (χ4n) is 1.18. The van der Waals surface area contributed by atoms with Crippen molar-refractivity contribution in [3.8, 4) is 0 Å². The van der Waals surface area contributed by atoms with Gasteiger partial charge in [0.15, 0.2) is 5.69 Å². The molecular weight excluding hydrogens is 200 g/mol. The Bertz CT molecular complexity index is 337. The highest BCUT2D eigenvalue weighted by molar-refractivity contribution is 5.86. The number of hydrogen-bond donors (Lipinski definition) is 2. The lowest BCUT2D eigenvalue weighted by atomic mass is 10.3. The molecule has 0 saturated heterocycles. The molecule has 3 N–H and O–H groups in total. The summed E-state index contributed by atoms with van der Waals surface area (Å²) in [5.41, 5.74) is 5.76. The van der Waals surface area contributed by atoms with Gasteiger partial charge in [-0.1, -0.05) is 5.21 Å². The predicted octanol–water partition coefficient (Wildman–Crippen LogP) is -0.528. The molecule has 0 fully saturated rings. The van der Waals surface area contributed by atoms with Crippen molar-refractivity contribution in [3.63, 3.8) is 0 Å². The summed E-state index contributed by atoms with van der Waals surface area (Å²) < 4.78 is 6.59. The van der Waals surface area contributed by atoms with E-state index in [-0.39, 0.29) is 12.2 Å². The molecular formula is C8H14N4O3. The first kappa shape index (κ1) is 11.6. The van der Waals surface area contributed by atoms with Gasteiger partial charge in [0.25, 0.3) is 0 Å². The Morgan fingerprint density at radius 3 is 2.93 bits per heavy atom. The Labute approximate surface area is 86.8 Å². The molecule has 0 aliphatic carbocycles. The zero-order valence-electron chi connectivity index (χ0n) is 8.51. The molecule has 0 saturated carbocycles. The second kappa shape index (κ2) is 5.42. The molecule has 0 aromatic carbocycles. The van der Waals surface area contributed by atoms with Gasteiger partial charge in [-0.05, 0) is 6.92 Å². The summed E-state index contributed by atoms with van der Waals surface area (Å²) in [5.74, 6) is -1.11. The van der Waals surface area contributed by atoms with E-state index in [9.17, 15) is 4.79 Å². The van der Waals surface area contributed by atoms with Gasteiger partial charge in [-0.2, -0.15) is 0 Å². The zero-order chi connectivity index (χ0) is 11.3. The monoisotopic (exact) mass is 214 g/mol. The minimum absolute atomic E-state index is 0.0889. The van der Waals surface area contributed by atoms with Gasteiger partial charge in [0.2, 0.25) is 0 Å². The fraction of sp³-hybridized carbons (Fsp3) is 0.625. The van der Waals surface area contributed by atoms with Crippen LogP contribution in [0, 0.1) is 0 Å². The maximum absolute atomic E-state index is 10.7. The van der Waals surface area contributed by atoms with Crippen molar-refractivity contribution in [2.24, 2.45) is 5.73 Å². The van der Waals surface area contributed by atoms with Crippen molar-refractivity contribution in [2.45, 2.75) is 20.0 Å². The van der Waals surface area contributed by atoms with Gasteiger partial charge in [0.1, 0.15) is 0 Å². The summed E-state index contributed by atoms with van der Waals surface area (Å²) in [4.78, 5) is 10.7. The van der Waals surface area contributed by atoms with Crippen LogP contribution in [-0.2, 0) is 17.8 Å². The van der Waals surface area contributed by atoms with E-state index >= 15 is 0 Å². The largest absolute Gasteiger partial charge is 0.476 e. The number of nitrogens with zero attached hydrogens (tertiary/aromatic N) is 3. The van der Waals surface area contributed by atoms with Crippen LogP contribution in [-0.4, -0.2) is 39.3 Å². The van der Waals surface area contributed by atoms with Crippen LogP contribution < -0.4 is 5.73 Å². The zero-order valence-corrected chi connectivity index (χ0v) is 8.51. The van der Waals surface area contributed by atoms with Crippen molar-refractivity contribution in [2.75, 3.05) is 13.2 Å². The average molecular weight is 214 g/mol. The molecule has 1 heterocycles. The van der Waals surface area contributed by atoms with E-state index in [1.807, 2.05) is 6.92 Å². The Kier molecular flexibility index (Phi) is 4.19. The molecule has 1 rings (SSSR count). The first-order valence-corrected chi connectivity index (χ1v) is 4.64. The maximum Gasteiger partial charge on any atom is 0.358 e. The third-order valence-electron chi connectivity index (χ3n) is 1.89. The predicted molar refractivity (Wildman–Crippen MR) is 51.4 cm³/mol. The van der Waals surface area contributed by atoms with Crippen molar-refractivity contribution in [1.29, 1.82) is 0 Å². The SMILES string of the molecule is CCOCCn1nnc(C(=O)O)c1CN. The minimum atomic E-state index is -1.11. The minimum Gasteiger partial charge on any atom is -0.476 e. The molecule has 7 nitrogen and oxygen atoms in total. The first-order chi connectivity index (χ1) is 7.20. The maximum atomic E-state index is 10.7. The molecule has 84 valence electrons. The lowest BCUT2D eigenvalue weighted by Crippen LogP contribution is -2.15. The van der Waals surface area contributed by atoms with Crippen molar-refractivity contribution < 1.29 is 14.6 Å². The van der Waals surface area contributed by atoms with Gasteiger partial charge in [0, 0.05) is 13.2 Å². The molecule has 0 aliphatic heterocycles. The quantitative estimate of drug-likeness (QED) is 0.617. The number of ether oxygens (including phenoxy) is 1. The third kappa shape index (κ3) is 2.74. The van der Waals surface area contributed by atoms with Crippen LogP contribution in [0.25, 0.3) is 0 Å². The molecule has 0 amide bonds. The number of nitrogens with two attached hydrogens (primary N) is 1. The fourth-order valence-corrected chi connectivity index (χ4v) is 1.18. The second-order valence-corrected chi connectivity index (χ2v) is 2.81. The van der Waals surface area contributed by atoms with Crippen LogP contribution in [0.4, 0.5) is 0 Å². The van der Waals surface area contributed by atoms with Gasteiger partial charge >= 0.3 is 5.97 Å². The molecule has 0 spiro atoms. The molecule has 0 unspecified atom stereocenters. The van der Waals surface area contributed by atoms with E-state index in [0.29, 0.717) is 25.5 Å². The van der Waals surface area contributed by atoms with Crippen LogP contribution in [0.2, 0.25) is 0 Å². The number of carbonyl (C=O) groups is 1. The molecule has 1 aromatic heterocycles. The van der Waals surface area contributed by atoms with Crippen LogP contribution in [0.1, 0.15) is 23.1 Å². The summed E-state index contributed by atoms with van der Waals surface area (Å²) in [5, 5.41) is 16.0. The molecule has 0 aliphatic rings. The van der Waals surface area contributed by atoms with E-state index in [1.54, 1.807) is 0 Å². The molecule has 1 aromatic rings. The second-order valence-electron chi connectivity index (χ2n) is 2.81. The molecule has 7 heteroatoms. The van der Waals surface area contributed by atoms with Gasteiger partial charge < -0.3 is 15.6 Å². The van der Waals surface area contributed by atoms with E-state index in [0.717, 1.165) is 0 Å². The van der Waals surface area contributed by atoms with Crippen LogP contribution in [0.3, 0.4) is 0 Å². The summed E-state index contributed by atoms with van der Waals surface area (Å²) in [7, 11) is 0. The Hall–Kier alpha value is -1.47. The average Bonchev–Trinajstić information content (AvgIpc) is 2.61. The first-order valence-electron chi connectivity index (χ1n) is 4.64. The number of aromatic carboxylic acids is 1. The standard InChI is InChI=1S/C8H14N4O3/c1-2-15-4-3-12-6(5-9)7(8(13)14)10-11-12/h2-5,9H2,1H3,(H,13,14). The number of carboxylic acid groups (broad SMARTS) is 1. The van der Waals surface area contributed by atoms with Crippen molar-refractivity contribution >= 4 is 5.97 Å². The van der Waals surface area contributed by atoms with E-state index in [2.05, 4.69) is 10.3 Å². The van der Waals surface area contributed by atoms with Gasteiger partial charge in [-0.15, -0.1) is 5.10 Å². The summed E-state index contributed by atoms with van der Waals surface area (Å²) in [6.07, 6.45) is 0. The normalized spacial score (nSPS) is 10.5. The topological polar surface area (TPSA) is 103 Å². The van der Waals surface area contributed by atoms with Gasteiger partial charge in [-0.25, -0.2) is 9.48 Å². The summed E-state index contributed by atoms with van der Waals surface area (Å²) >= 11 is 0. The van der Waals surface area contributed by atoms with Gasteiger partial charge in [0.05, 0.1) is 18.8 Å². The van der Waals surface area contributed by atoms with E-state index < -0.39 is 5.97 Å². The number of carboxylic acids is 1. The molecule has 0 bridgehead atoms. The van der Waals surface area contributed by atoms with Crippen LogP contribution >= 0.6 is 0 Å². The highest BCUT2D eigenvalue weighted by Crippen LogP contribution is 2.04. The van der Waals surface area contributed by atoms with Crippen LogP contribution in [0.5, 0.6) is 0 Å². The third-order valence-corrected chi connectivity index (χ3v) is 1.89. The summed E-state index contributed by atoms with van der Waals surface area (Å²) in [6, 6.07) is 0. The van der Waals surface area contributed by atoms with Gasteiger partial charge in [-0.3, -0.25) is 0 Å². The number of hydrogen-bond acceptors (Lipinski definition) is 5. The molecule has 15 heavy (non-hydrogen) atoms. The highest BCUT2D eigenvalue weighted by atomic mass is 16.5. The van der Waals surface area contributed by atoms with Crippen molar-refractivity contribution in [1.82, 2.24) is 15.0 Å². The highest BCUT2D eigenvalue weighted by Gasteiger charge is 2.16. The summed E-state index contributed by atoms with van der Waals surface area (Å²) in [6.45, 7) is 3.51. The number of rotatable bonds is 6. The Morgan fingerprint density at radius 2 is 2.40 bits per heavy atom. The van der Waals surface area contributed by atoms with Crippen molar-refractivity contribution in [3.05, 3.63) is 11.4 Å². The lowest BCUT2D eigenvalue weighted by Gasteiger charge is -2.04. The number of aromatic nitrogens is 3. The van der Waals surface area contributed by atoms with E-state index in [4.69, 9.17) is 15.6 Å². The Morgan fingerprint density at radius 1 is 1.67 bits per heavy atom. The van der Waals surface area contributed by atoms with Crippen LogP contribution in [0.15, 0.2) is 0 Å². The van der Waals surface area contributed by atoms with E-state index in [1.165, 1.54) is 4.68 Å². The molecule has 0 atom stereocenters.